The molecule has 6 heteroatoms. The van der Waals surface area contributed by atoms with Gasteiger partial charge >= 0.3 is 0 Å². The molecule has 1 aromatic carbocycles. The average Bonchev–Trinajstić information content (AvgIpc) is 2.85. The summed E-state index contributed by atoms with van der Waals surface area (Å²) in [4.78, 5) is 14.5. The number of carbonyl (C=O) groups excluding carboxylic acids is 1. The predicted molar refractivity (Wildman–Crippen MR) is 91.4 cm³/mol. The van der Waals surface area contributed by atoms with Crippen molar-refractivity contribution in [3.63, 3.8) is 0 Å². The number of anilines is 1. The maximum atomic E-state index is 12.5. The molecule has 1 aliphatic heterocycles. The fourth-order valence-corrected chi connectivity index (χ4v) is 3.26. The Hall–Kier alpha value is -2.01. The number of likely N-dealkylation sites (tertiary alicyclic amines) is 1. The minimum Gasteiger partial charge on any atom is -0.384 e. The van der Waals surface area contributed by atoms with Gasteiger partial charge in [0.2, 0.25) is 5.91 Å². The number of nitrogen functional groups attached to an aromatic ring is 1. The smallest absolute Gasteiger partial charge is 0.244 e. The molecule has 2 heterocycles. The number of rotatable bonds is 3. The lowest BCUT2D eigenvalue weighted by atomic mass is 9.90. The third kappa shape index (κ3) is 3.67. The summed E-state index contributed by atoms with van der Waals surface area (Å²) in [5.41, 5.74) is 7.93. The van der Waals surface area contributed by atoms with Crippen LogP contribution in [0.4, 0.5) is 5.82 Å². The van der Waals surface area contributed by atoms with Crippen molar-refractivity contribution in [2.45, 2.75) is 32.2 Å². The van der Waals surface area contributed by atoms with Gasteiger partial charge in [-0.1, -0.05) is 23.7 Å². The molecule has 1 fully saturated rings. The highest BCUT2D eigenvalue weighted by Gasteiger charge is 2.25. The van der Waals surface area contributed by atoms with Crippen LogP contribution >= 0.6 is 11.6 Å². The van der Waals surface area contributed by atoms with Crippen LogP contribution in [0.3, 0.4) is 0 Å². The normalized spacial score (nSPS) is 18.2. The number of amides is 1. The number of piperidine rings is 1. The predicted octanol–water partition coefficient (Wildman–Crippen LogP) is 2.83. The number of halogens is 1. The monoisotopic (exact) mass is 332 g/mol. The van der Waals surface area contributed by atoms with Crippen LogP contribution in [0.2, 0.25) is 5.02 Å². The minimum atomic E-state index is 0.0680. The molecule has 5 nitrogen and oxygen atoms in total. The second kappa shape index (κ2) is 6.62. The van der Waals surface area contributed by atoms with Crippen molar-refractivity contribution >= 4 is 23.3 Å². The van der Waals surface area contributed by atoms with Gasteiger partial charge in [-0.05, 0) is 37.5 Å². The van der Waals surface area contributed by atoms with Gasteiger partial charge in [0, 0.05) is 30.1 Å². The Morgan fingerprint density at radius 3 is 2.78 bits per heavy atom. The molecule has 0 spiro atoms. The summed E-state index contributed by atoms with van der Waals surface area (Å²) in [5, 5.41) is 5.00. The van der Waals surface area contributed by atoms with Gasteiger partial charge in [0.1, 0.15) is 12.4 Å². The molecule has 1 atom stereocenters. The van der Waals surface area contributed by atoms with E-state index in [0.717, 1.165) is 36.6 Å². The van der Waals surface area contributed by atoms with Crippen molar-refractivity contribution in [1.82, 2.24) is 14.7 Å². The highest BCUT2D eigenvalue weighted by Crippen LogP contribution is 2.28. The number of carbonyl (C=O) groups is 1. The first-order chi connectivity index (χ1) is 11.0. The molecule has 1 aromatic heterocycles. The lowest BCUT2D eigenvalue weighted by molar-refractivity contribution is -0.133. The summed E-state index contributed by atoms with van der Waals surface area (Å²) < 4.78 is 1.57. The maximum absolute atomic E-state index is 12.5. The molecule has 0 radical (unpaired) electrons. The van der Waals surface area contributed by atoms with Crippen molar-refractivity contribution in [2.75, 3.05) is 18.8 Å². The molecule has 1 amide bonds. The molecule has 0 bridgehead atoms. The molecule has 3 rings (SSSR count). The Bertz CT molecular complexity index is 695. The zero-order valence-electron chi connectivity index (χ0n) is 13.2. The summed E-state index contributed by atoms with van der Waals surface area (Å²) in [5.74, 6) is 0.960. The summed E-state index contributed by atoms with van der Waals surface area (Å²) in [6.45, 7) is 3.60. The van der Waals surface area contributed by atoms with E-state index in [2.05, 4.69) is 17.2 Å². The van der Waals surface area contributed by atoms with Crippen LogP contribution < -0.4 is 5.73 Å². The van der Waals surface area contributed by atoms with Crippen molar-refractivity contribution < 1.29 is 4.79 Å². The average molecular weight is 333 g/mol. The first-order valence-electron chi connectivity index (χ1n) is 7.86. The van der Waals surface area contributed by atoms with E-state index in [1.54, 1.807) is 10.7 Å². The minimum absolute atomic E-state index is 0.0680. The van der Waals surface area contributed by atoms with Crippen LogP contribution in [0.5, 0.6) is 0 Å². The first kappa shape index (κ1) is 15.9. The van der Waals surface area contributed by atoms with Crippen molar-refractivity contribution in [3.05, 3.63) is 46.6 Å². The lowest BCUT2D eigenvalue weighted by Gasteiger charge is -2.33. The molecule has 1 aliphatic rings. The SMILES string of the molecule is Cc1cc(N)n(CC(=O)N2CCC[C@@H](c3ccc(Cl)cc3)C2)n1. The fourth-order valence-electron chi connectivity index (χ4n) is 3.13. The second-order valence-electron chi connectivity index (χ2n) is 6.10. The van der Waals surface area contributed by atoms with Gasteiger partial charge < -0.3 is 10.6 Å². The number of nitrogens with zero attached hydrogens (tertiary/aromatic N) is 3. The van der Waals surface area contributed by atoms with Gasteiger partial charge in [-0.2, -0.15) is 5.10 Å². The summed E-state index contributed by atoms with van der Waals surface area (Å²) in [6.07, 6.45) is 2.10. The van der Waals surface area contributed by atoms with Gasteiger partial charge in [0.05, 0.1) is 5.69 Å². The Morgan fingerprint density at radius 1 is 1.39 bits per heavy atom. The Balaban J connectivity index is 1.67. The molecule has 122 valence electrons. The van der Waals surface area contributed by atoms with E-state index in [-0.39, 0.29) is 12.5 Å². The lowest BCUT2D eigenvalue weighted by Crippen LogP contribution is -2.41. The molecule has 23 heavy (non-hydrogen) atoms. The van der Waals surface area contributed by atoms with Gasteiger partial charge in [0.15, 0.2) is 0 Å². The first-order valence-corrected chi connectivity index (χ1v) is 8.24. The van der Waals surface area contributed by atoms with E-state index in [1.165, 1.54) is 5.56 Å². The Morgan fingerprint density at radius 2 is 2.13 bits per heavy atom. The summed E-state index contributed by atoms with van der Waals surface area (Å²) >= 11 is 5.95. The molecule has 0 aliphatic carbocycles. The molecule has 2 N–H and O–H groups in total. The van der Waals surface area contributed by atoms with E-state index in [4.69, 9.17) is 17.3 Å². The second-order valence-corrected chi connectivity index (χ2v) is 6.54. The zero-order chi connectivity index (χ0) is 16.4. The number of aromatic nitrogens is 2. The molecule has 1 saturated heterocycles. The van der Waals surface area contributed by atoms with Gasteiger partial charge in [-0.15, -0.1) is 0 Å². The van der Waals surface area contributed by atoms with Gasteiger partial charge in [0.25, 0.3) is 0 Å². The van der Waals surface area contributed by atoms with E-state index < -0.39 is 0 Å². The van der Waals surface area contributed by atoms with Crippen LogP contribution in [0.15, 0.2) is 30.3 Å². The topological polar surface area (TPSA) is 64.2 Å². The Kier molecular flexibility index (Phi) is 4.57. The van der Waals surface area contributed by atoms with E-state index >= 15 is 0 Å². The van der Waals surface area contributed by atoms with E-state index in [9.17, 15) is 4.79 Å². The molecule has 2 aromatic rings. The maximum Gasteiger partial charge on any atom is 0.244 e. The molecular formula is C17H21ClN4O. The van der Waals surface area contributed by atoms with Crippen LogP contribution in [-0.2, 0) is 11.3 Å². The number of hydrogen-bond donors (Lipinski definition) is 1. The Labute approximate surface area is 141 Å². The zero-order valence-corrected chi connectivity index (χ0v) is 14.0. The largest absolute Gasteiger partial charge is 0.384 e. The van der Waals surface area contributed by atoms with Crippen molar-refractivity contribution in [1.29, 1.82) is 0 Å². The number of hydrogen-bond acceptors (Lipinski definition) is 3. The van der Waals surface area contributed by atoms with Crippen LogP contribution in [-0.4, -0.2) is 33.7 Å². The van der Waals surface area contributed by atoms with E-state index in [1.807, 2.05) is 24.0 Å². The van der Waals surface area contributed by atoms with Crippen molar-refractivity contribution in [2.24, 2.45) is 0 Å². The highest BCUT2D eigenvalue weighted by molar-refractivity contribution is 6.30. The number of aryl methyl sites for hydroxylation is 1. The van der Waals surface area contributed by atoms with Crippen LogP contribution in [0.25, 0.3) is 0 Å². The quantitative estimate of drug-likeness (QED) is 0.940. The molecular weight excluding hydrogens is 312 g/mol. The highest BCUT2D eigenvalue weighted by atomic mass is 35.5. The summed E-state index contributed by atoms with van der Waals surface area (Å²) in [6, 6.07) is 9.70. The third-order valence-corrected chi connectivity index (χ3v) is 4.59. The van der Waals surface area contributed by atoms with Crippen LogP contribution in [0, 0.1) is 6.92 Å². The molecule has 0 unspecified atom stereocenters. The molecule has 0 saturated carbocycles. The van der Waals surface area contributed by atoms with Gasteiger partial charge in [-0.3, -0.25) is 4.79 Å². The van der Waals surface area contributed by atoms with Gasteiger partial charge in [-0.25, -0.2) is 4.68 Å². The van der Waals surface area contributed by atoms with Crippen molar-refractivity contribution in [3.8, 4) is 0 Å². The standard InChI is InChI=1S/C17H21ClN4O/c1-12-9-16(19)22(20-12)11-17(23)21-8-2-3-14(10-21)13-4-6-15(18)7-5-13/h4-7,9,14H,2-3,8,10-11,19H2,1H3/t14-/m1/s1. The van der Waals surface area contributed by atoms with E-state index in [0.29, 0.717) is 11.7 Å². The summed E-state index contributed by atoms with van der Waals surface area (Å²) in [7, 11) is 0. The van der Waals surface area contributed by atoms with Crippen LogP contribution in [0.1, 0.15) is 30.0 Å². The third-order valence-electron chi connectivity index (χ3n) is 4.33. The number of nitrogens with two attached hydrogens (primary N) is 1. The fraction of sp³-hybridized carbons (Fsp3) is 0.412. The number of benzene rings is 1.